The predicted octanol–water partition coefficient (Wildman–Crippen LogP) is 3.27. The third kappa shape index (κ3) is 4.02. The van der Waals surface area contributed by atoms with Crippen LogP contribution in [0, 0.1) is 10.1 Å². The third-order valence-corrected chi connectivity index (χ3v) is 5.04. The lowest BCUT2D eigenvalue weighted by atomic mass is 10.1. The van der Waals surface area contributed by atoms with Gasteiger partial charge < -0.3 is 4.90 Å². The Balaban J connectivity index is 2.20. The third-order valence-electron chi connectivity index (χ3n) is 4.12. The molecule has 0 bridgehead atoms. The molecule has 116 valence electrons. The van der Waals surface area contributed by atoms with Crippen LogP contribution in [0.2, 0.25) is 0 Å². The van der Waals surface area contributed by atoms with Gasteiger partial charge in [-0.25, -0.2) is 0 Å². The molecule has 1 aromatic carbocycles. The fraction of sp³-hybridized carbons (Fsp3) is 0.600. The minimum absolute atomic E-state index is 0.146. The summed E-state index contributed by atoms with van der Waals surface area (Å²) in [4.78, 5) is 15.5. The molecule has 5 nitrogen and oxygen atoms in total. The summed E-state index contributed by atoms with van der Waals surface area (Å²) < 4.78 is 0.613. The zero-order valence-electron chi connectivity index (χ0n) is 12.6. The van der Waals surface area contributed by atoms with Crippen molar-refractivity contribution >= 4 is 21.6 Å². The first kappa shape index (κ1) is 16.4. The van der Waals surface area contributed by atoms with Gasteiger partial charge in [-0.1, -0.05) is 19.1 Å². The normalized spacial score (nSPS) is 21.2. The van der Waals surface area contributed by atoms with Crippen molar-refractivity contribution < 1.29 is 4.92 Å². The van der Waals surface area contributed by atoms with Crippen molar-refractivity contribution in [3.63, 3.8) is 0 Å². The number of nitrogens with zero attached hydrogens (tertiary/aromatic N) is 3. The Morgan fingerprint density at radius 1 is 1.43 bits per heavy atom. The molecule has 1 saturated heterocycles. The maximum atomic E-state index is 11.0. The van der Waals surface area contributed by atoms with Gasteiger partial charge in [0.2, 0.25) is 0 Å². The summed E-state index contributed by atoms with van der Waals surface area (Å²) in [5.41, 5.74) is 1.14. The Hall–Kier alpha value is -0.980. The van der Waals surface area contributed by atoms with Crippen LogP contribution in [0.4, 0.5) is 5.69 Å². The Labute approximate surface area is 134 Å². The molecule has 2 rings (SSSR count). The summed E-state index contributed by atoms with van der Waals surface area (Å²) in [7, 11) is 2.16. The van der Waals surface area contributed by atoms with Gasteiger partial charge in [-0.2, -0.15) is 0 Å². The quantitative estimate of drug-likeness (QED) is 0.614. The Kier molecular flexibility index (Phi) is 5.72. The SMILES string of the molecule is CCC1CN(C)CCCN1Cc1cccc([N+](=O)[O-])c1Br. The van der Waals surface area contributed by atoms with Gasteiger partial charge in [-0.05, 0) is 47.9 Å². The number of rotatable bonds is 4. The lowest BCUT2D eigenvalue weighted by Gasteiger charge is -2.30. The number of benzene rings is 1. The lowest BCUT2D eigenvalue weighted by molar-refractivity contribution is -0.385. The Morgan fingerprint density at radius 3 is 2.86 bits per heavy atom. The molecule has 0 aromatic heterocycles. The largest absolute Gasteiger partial charge is 0.305 e. The summed E-state index contributed by atoms with van der Waals surface area (Å²) in [6.07, 6.45) is 2.23. The summed E-state index contributed by atoms with van der Waals surface area (Å²) in [6, 6.07) is 5.78. The van der Waals surface area contributed by atoms with E-state index in [-0.39, 0.29) is 10.6 Å². The molecule has 0 radical (unpaired) electrons. The van der Waals surface area contributed by atoms with Gasteiger partial charge in [0.15, 0.2) is 0 Å². The zero-order chi connectivity index (χ0) is 15.4. The minimum atomic E-state index is -0.332. The first-order chi connectivity index (χ1) is 10.0. The number of nitro benzene ring substituents is 1. The summed E-state index contributed by atoms with van der Waals surface area (Å²) in [5, 5.41) is 11.0. The van der Waals surface area contributed by atoms with Crippen LogP contribution in [0.3, 0.4) is 0 Å². The summed E-state index contributed by atoms with van der Waals surface area (Å²) >= 11 is 3.40. The lowest BCUT2D eigenvalue weighted by Crippen LogP contribution is -2.39. The highest BCUT2D eigenvalue weighted by molar-refractivity contribution is 9.10. The second kappa shape index (κ2) is 7.33. The molecule has 1 aliphatic heterocycles. The molecule has 1 unspecified atom stereocenters. The molecule has 6 heteroatoms. The van der Waals surface area contributed by atoms with Gasteiger partial charge in [0.05, 0.1) is 9.40 Å². The Bertz CT molecular complexity index is 510. The van der Waals surface area contributed by atoms with E-state index >= 15 is 0 Å². The number of hydrogen-bond acceptors (Lipinski definition) is 4. The van der Waals surface area contributed by atoms with Crippen molar-refractivity contribution in [2.24, 2.45) is 0 Å². The second-order valence-corrected chi connectivity index (χ2v) is 6.45. The van der Waals surface area contributed by atoms with Crippen molar-refractivity contribution in [1.82, 2.24) is 9.80 Å². The van der Waals surface area contributed by atoms with Gasteiger partial charge in [0.1, 0.15) is 0 Å². The number of nitro groups is 1. The van der Waals surface area contributed by atoms with Gasteiger partial charge in [-0.15, -0.1) is 0 Å². The smallest absolute Gasteiger partial charge is 0.283 e. The molecule has 1 atom stereocenters. The van der Waals surface area contributed by atoms with Crippen molar-refractivity contribution in [3.8, 4) is 0 Å². The van der Waals surface area contributed by atoms with Crippen LogP contribution < -0.4 is 0 Å². The number of likely N-dealkylation sites (N-methyl/N-ethyl adjacent to an activating group) is 1. The Morgan fingerprint density at radius 2 is 2.19 bits per heavy atom. The molecular weight excluding hydrogens is 334 g/mol. The maximum Gasteiger partial charge on any atom is 0.283 e. The second-order valence-electron chi connectivity index (χ2n) is 5.66. The van der Waals surface area contributed by atoms with Crippen LogP contribution in [-0.4, -0.2) is 47.4 Å². The molecule has 0 spiro atoms. The van der Waals surface area contributed by atoms with Crippen molar-refractivity contribution in [2.75, 3.05) is 26.7 Å². The molecular formula is C15H22BrN3O2. The summed E-state index contributed by atoms with van der Waals surface area (Å²) in [5.74, 6) is 0. The van der Waals surface area contributed by atoms with Gasteiger partial charge in [-0.3, -0.25) is 15.0 Å². The zero-order valence-corrected chi connectivity index (χ0v) is 14.2. The van der Waals surface area contributed by atoms with E-state index in [0.717, 1.165) is 44.6 Å². The fourth-order valence-corrected chi connectivity index (χ4v) is 3.47. The topological polar surface area (TPSA) is 49.6 Å². The van der Waals surface area contributed by atoms with E-state index in [9.17, 15) is 10.1 Å². The van der Waals surface area contributed by atoms with Crippen LogP contribution in [0.5, 0.6) is 0 Å². The fourth-order valence-electron chi connectivity index (χ4n) is 2.94. The molecule has 1 fully saturated rings. The van der Waals surface area contributed by atoms with Crippen LogP contribution >= 0.6 is 15.9 Å². The molecule has 1 aliphatic rings. The molecule has 1 aromatic rings. The molecule has 1 heterocycles. The van der Waals surface area contributed by atoms with Crippen LogP contribution in [0.25, 0.3) is 0 Å². The van der Waals surface area contributed by atoms with Crippen molar-refractivity contribution in [3.05, 3.63) is 38.3 Å². The van der Waals surface area contributed by atoms with E-state index in [1.165, 1.54) is 0 Å². The standard InChI is InChI=1S/C15H22BrN3O2/c1-3-13-11-17(2)8-5-9-18(13)10-12-6-4-7-14(15(12)16)19(20)21/h4,6-7,13H,3,5,8-11H2,1-2H3. The summed E-state index contributed by atoms with van der Waals surface area (Å²) in [6.45, 7) is 6.18. The molecule has 21 heavy (non-hydrogen) atoms. The van der Waals surface area contributed by atoms with Crippen LogP contribution in [0.1, 0.15) is 25.3 Å². The highest BCUT2D eigenvalue weighted by Crippen LogP contribution is 2.30. The number of halogens is 1. The minimum Gasteiger partial charge on any atom is -0.305 e. The maximum absolute atomic E-state index is 11.0. The van der Waals surface area contributed by atoms with E-state index in [1.807, 2.05) is 6.07 Å². The van der Waals surface area contributed by atoms with Crippen LogP contribution in [0.15, 0.2) is 22.7 Å². The average Bonchev–Trinajstić information content (AvgIpc) is 2.62. The van der Waals surface area contributed by atoms with Gasteiger partial charge >= 0.3 is 0 Å². The van der Waals surface area contributed by atoms with Crippen LogP contribution in [-0.2, 0) is 6.54 Å². The average molecular weight is 356 g/mol. The van der Waals surface area contributed by atoms with E-state index in [0.29, 0.717) is 10.5 Å². The highest BCUT2D eigenvalue weighted by atomic mass is 79.9. The predicted molar refractivity (Wildman–Crippen MR) is 87.4 cm³/mol. The highest BCUT2D eigenvalue weighted by Gasteiger charge is 2.24. The van der Waals surface area contributed by atoms with Gasteiger partial charge in [0.25, 0.3) is 5.69 Å². The molecule has 0 saturated carbocycles. The molecule has 0 N–H and O–H groups in total. The molecule has 0 amide bonds. The van der Waals surface area contributed by atoms with Crippen molar-refractivity contribution in [1.29, 1.82) is 0 Å². The number of hydrogen-bond donors (Lipinski definition) is 0. The van der Waals surface area contributed by atoms with Gasteiger partial charge in [0, 0.05) is 31.7 Å². The molecule has 0 aliphatic carbocycles. The van der Waals surface area contributed by atoms with E-state index in [2.05, 4.69) is 39.7 Å². The van der Waals surface area contributed by atoms with E-state index < -0.39 is 0 Å². The first-order valence-electron chi connectivity index (χ1n) is 7.37. The van der Waals surface area contributed by atoms with Crippen molar-refractivity contribution in [2.45, 2.75) is 32.4 Å². The first-order valence-corrected chi connectivity index (χ1v) is 8.16. The monoisotopic (exact) mass is 355 g/mol. The van der Waals surface area contributed by atoms with E-state index in [1.54, 1.807) is 12.1 Å². The van der Waals surface area contributed by atoms with E-state index in [4.69, 9.17) is 0 Å².